The second-order valence-electron chi connectivity index (χ2n) is 6.67. The van der Waals surface area contributed by atoms with Crippen molar-refractivity contribution in [1.82, 2.24) is 25.1 Å². The van der Waals surface area contributed by atoms with E-state index in [0.29, 0.717) is 23.8 Å². The van der Waals surface area contributed by atoms with E-state index in [1.807, 2.05) is 35.0 Å². The number of hydrogen-bond donors (Lipinski definition) is 2. The van der Waals surface area contributed by atoms with Crippen molar-refractivity contribution >= 4 is 11.7 Å². The summed E-state index contributed by atoms with van der Waals surface area (Å²) >= 11 is 0. The van der Waals surface area contributed by atoms with Crippen molar-refractivity contribution in [3.05, 3.63) is 54.1 Å². The van der Waals surface area contributed by atoms with Gasteiger partial charge >= 0.3 is 6.03 Å². The largest absolute Gasteiger partial charge is 0.508 e. The lowest BCUT2D eigenvalue weighted by Crippen LogP contribution is -2.30. The van der Waals surface area contributed by atoms with Gasteiger partial charge in [-0.1, -0.05) is 18.2 Å². The molecule has 2 amide bonds. The van der Waals surface area contributed by atoms with Crippen molar-refractivity contribution in [1.29, 1.82) is 0 Å². The number of hydrogen-bond acceptors (Lipinski definition) is 5. The number of carbonyl (C=O) groups is 1. The molecular formula is C19H20N6O2. The van der Waals surface area contributed by atoms with Crippen LogP contribution in [0.3, 0.4) is 0 Å². The molecule has 1 saturated carbocycles. The van der Waals surface area contributed by atoms with Crippen molar-refractivity contribution in [2.45, 2.75) is 25.4 Å². The third-order valence-electron chi connectivity index (χ3n) is 4.53. The van der Waals surface area contributed by atoms with E-state index in [1.54, 1.807) is 25.2 Å². The quantitative estimate of drug-likeness (QED) is 0.725. The van der Waals surface area contributed by atoms with Gasteiger partial charge < -0.3 is 15.3 Å². The number of nitrogens with zero attached hydrogens (tertiary/aromatic N) is 5. The Balaban J connectivity index is 1.41. The molecule has 8 heteroatoms. The number of aromatic nitrogens is 4. The van der Waals surface area contributed by atoms with E-state index in [0.717, 1.165) is 24.2 Å². The topological polar surface area (TPSA) is 96.2 Å². The minimum Gasteiger partial charge on any atom is -0.508 e. The second-order valence-corrected chi connectivity index (χ2v) is 6.67. The number of tetrazole rings is 1. The maximum absolute atomic E-state index is 12.4. The van der Waals surface area contributed by atoms with Crippen molar-refractivity contribution in [2.24, 2.45) is 0 Å². The highest BCUT2D eigenvalue weighted by molar-refractivity contribution is 5.89. The zero-order chi connectivity index (χ0) is 18.8. The highest BCUT2D eigenvalue weighted by Gasteiger charge is 2.28. The average Bonchev–Trinajstić information content (AvgIpc) is 3.41. The number of para-hydroxylation sites is 1. The van der Waals surface area contributed by atoms with Gasteiger partial charge in [0.1, 0.15) is 5.75 Å². The van der Waals surface area contributed by atoms with Gasteiger partial charge in [-0.2, -0.15) is 0 Å². The number of urea groups is 1. The zero-order valence-corrected chi connectivity index (χ0v) is 14.9. The summed E-state index contributed by atoms with van der Waals surface area (Å²) in [4.78, 5) is 13.9. The van der Waals surface area contributed by atoms with Crippen LogP contribution in [0.15, 0.2) is 48.5 Å². The van der Waals surface area contributed by atoms with Gasteiger partial charge in [0, 0.05) is 23.9 Å². The fourth-order valence-electron chi connectivity index (χ4n) is 2.84. The maximum atomic E-state index is 12.4. The molecule has 0 radical (unpaired) electrons. The Bertz CT molecular complexity index is 949. The van der Waals surface area contributed by atoms with Gasteiger partial charge in [-0.3, -0.25) is 0 Å². The number of phenolic OH excluding ortho intramolecular Hbond substituents is 1. The zero-order valence-electron chi connectivity index (χ0n) is 14.9. The Morgan fingerprint density at radius 2 is 1.96 bits per heavy atom. The van der Waals surface area contributed by atoms with Crippen LogP contribution in [0.4, 0.5) is 10.5 Å². The minimum absolute atomic E-state index is 0.176. The highest BCUT2D eigenvalue weighted by atomic mass is 16.3. The SMILES string of the molecule is CN(Cc1ccccc1O)C(=O)Nc1ccc(-c2nnnn2C2CC2)cc1. The van der Waals surface area contributed by atoms with Gasteiger partial charge in [0.2, 0.25) is 0 Å². The molecule has 0 bridgehead atoms. The molecule has 27 heavy (non-hydrogen) atoms. The molecular weight excluding hydrogens is 344 g/mol. The monoisotopic (exact) mass is 364 g/mol. The molecule has 3 aromatic rings. The maximum Gasteiger partial charge on any atom is 0.321 e. The Labute approximate surface area is 156 Å². The first-order chi connectivity index (χ1) is 13.1. The van der Waals surface area contributed by atoms with Crippen LogP contribution in [0, 0.1) is 0 Å². The summed E-state index contributed by atoms with van der Waals surface area (Å²) in [6.45, 7) is 0.312. The van der Waals surface area contributed by atoms with Crippen molar-refractivity contribution in [3.63, 3.8) is 0 Å². The first kappa shape index (κ1) is 17.0. The molecule has 0 unspecified atom stereocenters. The highest BCUT2D eigenvalue weighted by Crippen LogP contribution is 2.36. The molecule has 8 nitrogen and oxygen atoms in total. The summed E-state index contributed by atoms with van der Waals surface area (Å²) in [5.41, 5.74) is 2.28. The molecule has 0 atom stereocenters. The standard InChI is InChI=1S/C19H20N6O2/c1-24(12-14-4-2-3-5-17(14)26)19(27)20-15-8-6-13(7-9-15)18-21-22-23-25(18)16-10-11-16/h2-9,16,26H,10-12H2,1H3,(H,20,27). The predicted octanol–water partition coefficient (Wildman–Crippen LogP) is 3.04. The van der Waals surface area contributed by atoms with E-state index in [9.17, 15) is 9.90 Å². The number of nitrogens with one attached hydrogen (secondary N) is 1. The first-order valence-corrected chi connectivity index (χ1v) is 8.79. The van der Waals surface area contributed by atoms with E-state index >= 15 is 0 Å². The third kappa shape index (κ3) is 3.74. The van der Waals surface area contributed by atoms with Crippen LogP contribution in [0.5, 0.6) is 5.75 Å². The molecule has 1 aliphatic rings. The van der Waals surface area contributed by atoms with Gasteiger partial charge in [-0.05, 0) is 53.6 Å². The summed E-state index contributed by atoms with van der Waals surface area (Å²) < 4.78 is 1.85. The molecule has 138 valence electrons. The average molecular weight is 364 g/mol. The number of anilines is 1. The molecule has 2 aromatic carbocycles. The van der Waals surface area contributed by atoms with E-state index in [4.69, 9.17) is 0 Å². The molecule has 0 saturated heterocycles. The van der Waals surface area contributed by atoms with Crippen LogP contribution in [0.1, 0.15) is 24.4 Å². The lowest BCUT2D eigenvalue weighted by molar-refractivity contribution is 0.220. The minimum atomic E-state index is -0.256. The number of aromatic hydroxyl groups is 1. The molecule has 4 rings (SSSR count). The number of amides is 2. The fraction of sp³-hybridized carbons (Fsp3) is 0.263. The van der Waals surface area contributed by atoms with E-state index < -0.39 is 0 Å². The van der Waals surface area contributed by atoms with Crippen LogP contribution >= 0.6 is 0 Å². The molecule has 1 aliphatic carbocycles. The summed E-state index contributed by atoms with van der Waals surface area (Å²) in [5.74, 6) is 0.918. The van der Waals surface area contributed by atoms with Crippen molar-refractivity contribution in [3.8, 4) is 17.1 Å². The number of carbonyl (C=O) groups excluding carboxylic acids is 1. The second kappa shape index (κ2) is 7.06. The predicted molar refractivity (Wildman–Crippen MR) is 100 cm³/mol. The summed E-state index contributed by atoms with van der Waals surface area (Å²) in [6, 6.07) is 14.6. The normalized spacial score (nSPS) is 13.4. The molecule has 2 N–H and O–H groups in total. The number of rotatable bonds is 5. The number of phenols is 1. The van der Waals surface area contributed by atoms with Crippen molar-refractivity contribution in [2.75, 3.05) is 12.4 Å². The Hall–Kier alpha value is -3.42. The Morgan fingerprint density at radius 1 is 1.22 bits per heavy atom. The van der Waals surface area contributed by atoms with Gasteiger partial charge in [0.25, 0.3) is 0 Å². The van der Waals surface area contributed by atoms with E-state index in [2.05, 4.69) is 20.8 Å². The molecule has 1 heterocycles. The molecule has 0 spiro atoms. The summed E-state index contributed by atoms with van der Waals surface area (Å²) in [6.07, 6.45) is 2.21. The Morgan fingerprint density at radius 3 is 2.67 bits per heavy atom. The Kier molecular flexibility index (Phi) is 4.45. The number of benzene rings is 2. The summed E-state index contributed by atoms with van der Waals surface area (Å²) in [7, 11) is 1.68. The molecule has 1 aromatic heterocycles. The van der Waals surface area contributed by atoms with Gasteiger partial charge in [-0.25, -0.2) is 9.48 Å². The van der Waals surface area contributed by atoms with Crippen LogP contribution < -0.4 is 5.32 Å². The van der Waals surface area contributed by atoms with Crippen LogP contribution in [0.2, 0.25) is 0 Å². The molecule has 0 aliphatic heterocycles. The van der Waals surface area contributed by atoms with Crippen LogP contribution in [0.25, 0.3) is 11.4 Å². The van der Waals surface area contributed by atoms with Gasteiger partial charge in [-0.15, -0.1) is 5.10 Å². The van der Waals surface area contributed by atoms with Gasteiger partial charge in [0.15, 0.2) is 5.82 Å². The smallest absolute Gasteiger partial charge is 0.321 e. The summed E-state index contributed by atoms with van der Waals surface area (Å²) in [5, 5.41) is 24.6. The van der Waals surface area contributed by atoms with Gasteiger partial charge in [0.05, 0.1) is 12.6 Å². The fourth-order valence-corrected chi connectivity index (χ4v) is 2.84. The lowest BCUT2D eigenvalue weighted by atomic mass is 10.2. The van der Waals surface area contributed by atoms with Crippen LogP contribution in [-0.4, -0.2) is 43.3 Å². The van der Waals surface area contributed by atoms with Crippen LogP contribution in [-0.2, 0) is 6.54 Å². The van der Waals surface area contributed by atoms with E-state index in [1.165, 1.54) is 4.90 Å². The first-order valence-electron chi connectivity index (χ1n) is 8.79. The third-order valence-corrected chi connectivity index (χ3v) is 4.53. The van der Waals surface area contributed by atoms with Crippen molar-refractivity contribution < 1.29 is 9.90 Å². The lowest BCUT2D eigenvalue weighted by Gasteiger charge is -2.18. The van der Waals surface area contributed by atoms with E-state index in [-0.39, 0.29) is 11.8 Å². The molecule has 1 fully saturated rings.